The molecule has 0 aliphatic heterocycles. The fourth-order valence-electron chi connectivity index (χ4n) is 7.38. The smallest absolute Gasteiger partial charge is 0.165 e. The van der Waals surface area contributed by atoms with E-state index in [2.05, 4.69) is 38.1 Å². The minimum atomic E-state index is -0.219. The number of carbonyl (C=O) groups excluding carboxylic acids is 2. The third kappa shape index (κ3) is 2.75. The molecule has 4 aliphatic carbocycles. The first-order valence-electron chi connectivity index (χ1n) is 11.8. The highest BCUT2D eigenvalue weighted by Crippen LogP contribution is 2.65. The predicted octanol–water partition coefficient (Wildman–Crippen LogP) is 5.31. The van der Waals surface area contributed by atoms with Crippen molar-refractivity contribution >= 4 is 17.6 Å². The highest BCUT2D eigenvalue weighted by molar-refractivity contribution is 6.06. The first-order chi connectivity index (χ1) is 14.3. The lowest BCUT2D eigenvalue weighted by Gasteiger charge is -2.56. The molecule has 3 fully saturated rings. The fraction of sp³-hybridized carbons (Fsp3) is 0.654. The Morgan fingerprint density at radius 3 is 2.67 bits per heavy atom. The van der Waals surface area contributed by atoms with Crippen molar-refractivity contribution in [3.05, 3.63) is 34.7 Å². The Morgan fingerprint density at radius 2 is 1.93 bits per heavy atom. The van der Waals surface area contributed by atoms with Gasteiger partial charge in [-0.3, -0.25) is 14.3 Å². The van der Waals surface area contributed by atoms with Crippen LogP contribution in [0.4, 0.5) is 0 Å². The van der Waals surface area contributed by atoms with Crippen LogP contribution in [-0.4, -0.2) is 21.3 Å². The van der Waals surface area contributed by atoms with E-state index in [9.17, 15) is 9.59 Å². The maximum atomic E-state index is 13.6. The summed E-state index contributed by atoms with van der Waals surface area (Å²) < 4.78 is 1.95. The van der Waals surface area contributed by atoms with Gasteiger partial charge < -0.3 is 0 Å². The molecule has 0 radical (unpaired) electrons. The van der Waals surface area contributed by atoms with Gasteiger partial charge in [-0.1, -0.05) is 19.4 Å². The van der Waals surface area contributed by atoms with E-state index in [1.807, 2.05) is 17.7 Å². The standard InChI is InChI=1S/C26H34N2O2/c1-5-28-15-18(16(2)27-28)12-17-13-23-21-7-6-19-14-20(29)8-10-25(19,3)22(21)9-11-26(23,4)24(17)30/h12,14-15,21-23H,5-11,13H2,1-4H3. The van der Waals surface area contributed by atoms with Crippen LogP contribution in [0.25, 0.3) is 6.08 Å². The van der Waals surface area contributed by atoms with Gasteiger partial charge in [0, 0.05) is 30.1 Å². The monoisotopic (exact) mass is 406 g/mol. The Morgan fingerprint density at radius 1 is 1.13 bits per heavy atom. The summed E-state index contributed by atoms with van der Waals surface area (Å²) in [5.74, 6) is 2.33. The predicted molar refractivity (Wildman–Crippen MR) is 118 cm³/mol. The summed E-state index contributed by atoms with van der Waals surface area (Å²) in [6.07, 6.45) is 13.0. The van der Waals surface area contributed by atoms with E-state index in [1.165, 1.54) is 5.57 Å². The van der Waals surface area contributed by atoms with Crippen molar-refractivity contribution in [3.8, 4) is 0 Å². The Labute approximate surface area is 179 Å². The maximum absolute atomic E-state index is 13.6. The molecule has 3 saturated carbocycles. The zero-order valence-corrected chi connectivity index (χ0v) is 18.8. The topological polar surface area (TPSA) is 52.0 Å². The molecule has 0 amide bonds. The molecule has 0 aromatic carbocycles. The number of aromatic nitrogens is 2. The van der Waals surface area contributed by atoms with Gasteiger partial charge >= 0.3 is 0 Å². The molecule has 5 atom stereocenters. The summed E-state index contributed by atoms with van der Waals surface area (Å²) in [5.41, 5.74) is 4.43. The minimum absolute atomic E-state index is 0.159. The molecular formula is C26H34N2O2. The zero-order valence-electron chi connectivity index (χ0n) is 18.8. The number of hydrogen-bond acceptors (Lipinski definition) is 3. The normalized spacial score (nSPS) is 39.5. The third-order valence-electron chi connectivity index (χ3n) is 9.24. The summed E-state index contributed by atoms with van der Waals surface area (Å²) in [4.78, 5) is 25.6. The van der Waals surface area contributed by atoms with Crippen LogP contribution in [0.3, 0.4) is 0 Å². The Balaban J connectivity index is 1.48. The van der Waals surface area contributed by atoms with Crippen molar-refractivity contribution in [1.29, 1.82) is 0 Å². The molecule has 0 bridgehead atoms. The largest absolute Gasteiger partial charge is 0.295 e. The van der Waals surface area contributed by atoms with Crippen LogP contribution in [0.2, 0.25) is 0 Å². The molecule has 4 aliphatic rings. The second-order valence-electron chi connectivity index (χ2n) is 10.7. The van der Waals surface area contributed by atoms with Gasteiger partial charge in [-0.25, -0.2) is 0 Å². The molecule has 30 heavy (non-hydrogen) atoms. The minimum Gasteiger partial charge on any atom is -0.295 e. The van der Waals surface area contributed by atoms with Gasteiger partial charge in [0.15, 0.2) is 11.6 Å². The number of carbonyl (C=O) groups is 2. The van der Waals surface area contributed by atoms with Crippen molar-refractivity contribution < 1.29 is 9.59 Å². The first kappa shape index (κ1) is 20.0. The molecule has 1 aromatic heterocycles. The summed E-state index contributed by atoms with van der Waals surface area (Å²) in [5, 5.41) is 4.56. The summed E-state index contributed by atoms with van der Waals surface area (Å²) in [6.45, 7) is 9.60. The SMILES string of the molecule is CCn1cc(C=C2CC3C4CCC5=CC(=O)CCC5(C)C4CCC3(C)C2=O)c(C)n1. The molecule has 5 rings (SSSR count). The summed E-state index contributed by atoms with van der Waals surface area (Å²) in [6, 6.07) is 0. The van der Waals surface area contributed by atoms with E-state index >= 15 is 0 Å². The van der Waals surface area contributed by atoms with Crippen molar-refractivity contribution in [2.24, 2.45) is 28.6 Å². The molecule has 160 valence electrons. The van der Waals surface area contributed by atoms with Crippen LogP contribution < -0.4 is 0 Å². The molecule has 5 unspecified atom stereocenters. The lowest BCUT2D eigenvalue weighted by atomic mass is 9.47. The second-order valence-corrected chi connectivity index (χ2v) is 10.7. The number of Topliss-reactive ketones (excluding diaryl/α,β-unsaturated/α-hetero) is 1. The molecule has 1 aromatic rings. The summed E-state index contributed by atoms with van der Waals surface area (Å²) >= 11 is 0. The van der Waals surface area contributed by atoms with Gasteiger partial charge in [0.25, 0.3) is 0 Å². The Hall–Kier alpha value is -1.97. The van der Waals surface area contributed by atoms with Crippen LogP contribution in [0, 0.1) is 35.5 Å². The van der Waals surface area contributed by atoms with E-state index in [4.69, 9.17) is 0 Å². The number of aryl methyl sites for hydroxylation is 2. The zero-order chi connectivity index (χ0) is 21.3. The number of ketones is 2. The van der Waals surface area contributed by atoms with Gasteiger partial charge in [-0.05, 0) is 93.3 Å². The molecule has 0 spiro atoms. The lowest BCUT2D eigenvalue weighted by Crippen LogP contribution is -2.50. The van der Waals surface area contributed by atoms with E-state index in [1.54, 1.807) is 0 Å². The van der Waals surface area contributed by atoms with Crippen LogP contribution in [0.5, 0.6) is 0 Å². The van der Waals surface area contributed by atoms with E-state index in [0.717, 1.165) is 61.9 Å². The fourth-order valence-corrected chi connectivity index (χ4v) is 7.38. The van der Waals surface area contributed by atoms with Crippen LogP contribution in [0.15, 0.2) is 23.4 Å². The molecule has 0 saturated heterocycles. The van der Waals surface area contributed by atoms with Gasteiger partial charge in [-0.15, -0.1) is 0 Å². The van der Waals surface area contributed by atoms with Crippen molar-refractivity contribution in [2.45, 2.75) is 79.2 Å². The van der Waals surface area contributed by atoms with Gasteiger partial charge in [0.05, 0.1) is 5.69 Å². The second kappa shape index (κ2) is 6.77. The van der Waals surface area contributed by atoms with Gasteiger partial charge in [0.2, 0.25) is 0 Å². The highest BCUT2D eigenvalue weighted by atomic mass is 16.1. The van der Waals surface area contributed by atoms with Crippen molar-refractivity contribution in [1.82, 2.24) is 9.78 Å². The molecule has 4 heteroatoms. The number of fused-ring (bicyclic) bond motifs is 5. The molecular weight excluding hydrogens is 372 g/mol. The lowest BCUT2D eigenvalue weighted by molar-refractivity contribution is -0.130. The molecule has 0 N–H and O–H groups in total. The first-order valence-corrected chi connectivity index (χ1v) is 11.8. The third-order valence-corrected chi connectivity index (χ3v) is 9.24. The molecule has 4 nitrogen and oxygen atoms in total. The number of hydrogen-bond donors (Lipinski definition) is 0. The Bertz CT molecular complexity index is 983. The van der Waals surface area contributed by atoms with Gasteiger partial charge in [0.1, 0.15) is 0 Å². The molecule has 1 heterocycles. The van der Waals surface area contributed by atoms with Crippen molar-refractivity contribution in [2.75, 3.05) is 0 Å². The van der Waals surface area contributed by atoms with Gasteiger partial charge in [-0.2, -0.15) is 5.10 Å². The highest BCUT2D eigenvalue weighted by Gasteiger charge is 2.60. The average Bonchev–Trinajstić information content (AvgIpc) is 3.20. The van der Waals surface area contributed by atoms with E-state index in [-0.39, 0.29) is 10.8 Å². The van der Waals surface area contributed by atoms with Crippen molar-refractivity contribution in [3.63, 3.8) is 0 Å². The van der Waals surface area contributed by atoms with Crippen LogP contribution in [0.1, 0.15) is 77.0 Å². The van der Waals surface area contributed by atoms with E-state index < -0.39 is 0 Å². The maximum Gasteiger partial charge on any atom is 0.165 e. The number of rotatable bonds is 2. The van der Waals surface area contributed by atoms with E-state index in [0.29, 0.717) is 35.7 Å². The van der Waals surface area contributed by atoms with Crippen LogP contribution in [-0.2, 0) is 16.1 Å². The van der Waals surface area contributed by atoms with Crippen LogP contribution >= 0.6 is 0 Å². The average molecular weight is 407 g/mol. The quantitative estimate of drug-likeness (QED) is 0.626. The number of nitrogens with zero attached hydrogens (tertiary/aromatic N) is 2. The number of allylic oxidation sites excluding steroid dienone is 2. The summed E-state index contributed by atoms with van der Waals surface area (Å²) in [7, 11) is 0. The Kier molecular flexibility index (Phi) is 4.50.